The van der Waals surface area contributed by atoms with Gasteiger partial charge in [-0.1, -0.05) is 84.9 Å². The molecule has 0 aliphatic rings. The Morgan fingerprint density at radius 2 is 1.07 bits per heavy atom. The van der Waals surface area contributed by atoms with Gasteiger partial charge >= 0.3 is 0 Å². The standard InChI is InChI=1S/C35H26N2O3.Eu.2H2O/c1-36-31-15-9-8-14-30(31)34(39)32(35(36)40)33(38)26-18-16-24(17-19-26)25-20-22-29(23-21-25)37(27-10-4-2-5-11-27)28-12-6-3-7-13-28;;;/h2-23,39H,1H3;;2*1H2. The van der Waals surface area contributed by atoms with E-state index in [9.17, 15) is 14.7 Å². The number of benzene rings is 5. The van der Waals surface area contributed by atoms with Gasteiger partial charge in [0.2, 0.25) is 5.78 Å². The van der Waals surface area contributed by atoms with Gasteiger partial charge in [0.05, 0.1) is 5.52 Å². The van der Waals surface area contributed by atoms with Crippen molar-refractivity contribution in [1.29, 1.82) is 0 Å². The van der Waals surface area contributed by atoms with Gasteiger partial charge in [-0.3, -0.25) is 9.59 Å². The average Bonchev–Trinajstić information content (AvgIpc) is 3.02. The van der Waals surface area contributed by atoms with E-state index < -0.39 is 11.3 Å². The molecule has 5 N–H and O–H groups in total. The molecule has 0 bridgehead atoms. The minimum atomic E-state index is -0.526. The molecule has 0 spiro atoms. The maximum Gasteiger partial charge on any atom is 0.265 e. The summed E-state index contributed by atoms with van der Waals surface area (Å²) in [7, 11) is 1.60. The Bertz CT molecular complexity index is 1850. The summed E-state index contributed by atoms with van der Waals surface area (Å²) in [6.07, 6.45) is 0. The van der Waals surface area contributed by atoms with Crippen LogP contribution in [0, 0.1) is 49.4 Å². The van der Waals surface area contributed by atoms with Crippen LogP contribution in [0.5, 0.6) is 5.75 Å². The van der Waals surface area contributed by atoms with Crippen LogP contribution >= 0.6 is 0 Å². The predicted molar refractivity (Wildman–Crippen MR) is 168 cm³/mol. The number of carbonyl (C=O) groups is 1. The first kappa shape index (κ1) is 33.6. The third-order valence-corrected chi connectivity index (χ3v) is 7.14. The van der Waals surface area contributed by atoms with Gasteiger partial charge in [-0.05, 0) is 59.7 Å². The van der Waals surface area contributed by atoms with Crippen LogP contribution in [0.25, 0.3) is 22.0 Å². The van der Waals surface area contributed by atoms with Crippen LogP contribution in [-0.2, 0) is 7.05 Å². The fourth-order valence-electron chi connectivity index (χ4n) is 5.05. The summed E-state index contributed by atoms with van der Waals surface area (Å²) in [5, 5.41) is 11.3. The second kappa shape index (κ2) is 14.5. The number of para-hydroxylation sites is 3. The van der Waals surface area contributed by atoms with Crippen LogP contribution in [0.15, 0.2) is 138 Å². The Balaban J connectivity index is 0.00000169. The summed E-state index contributed by atoms with van der Waals surface area (Å²) in [5.74, 6) is -0.795. The number of hydrogen-bond acceptors (Lipinski definition) is 4. The van der Waals surface area contributed by atoms with E-state index in [0.29, 0.717) is 16.5 Å². The number of pyridine rings is 1. The molecule has 1 heterocycles. The molecule has 0 saturated heterocycles. The molecule has 6 aromatic rings. The molecule has 0 atom stereocenters. The number of fused-ring (bicyclic) bond motifs is 1. The van der Waals surface area contributed by atoms with Crippen molar-refractivity contribution in [2.75, 3.05) is 4.90 Å². The van der Waals surface area contributed by atoms with Gasteiger partial charge in [0.1, 0.15) is 11.3 Å². The molecule has 0 amide bonds. The zero-order valence-electron chi connectivity index (χ0n) is 23.2. The van der Waals surface area contributed by atoms with Gasteiger partial charge in [-0.15, -0.1) is 0 Å². The molecule has 1 radical (unpaired) electrons. The number of rotatable bonds is 6. The monoisotopic (exact) mass is 711 g/mol. The molecule has 8 heteroatoms. The number of anilines is 3. The number of ketones is 1. The Morgan fingerprint density at radius 3 is 1.60 bits per heavy atom. The van der Waals surface area contributed by atoms with Crippen LogP contribution in [-0.4, -0.2) is 26.4 Å². The zero-order chi connectivity index (χ0) is 27.6. The van der Waals surface area contributed by atoms with E-state index in [-0.39, 0.29) is 71.6 Å². The molecule has 0 fully saturated rings. The van der Waals surface area contributed by atoms with Crippen molar-refractivity contribution < 1.29 is 70.2 Å². The minimum Gasteiger partial charge on any atom is -0.506 e. The fourth-order valence-corrected chi connectivity index (χ4v) is 5.05. The van der Waals surface area contributed by atoms with E-state index in [4.69, 9.17) is 0 Å². The Labute approximate surface area is 289 Å². The SMILES string of the molecule is Cn1c(=O)c(C(=O)c2ccc(-c3ccc(N(c4ccccc4)c4ccccc4)cc3)cc2)c(O)c2ccccc21.O.O.[Eu]. The van der Waals surface area contributed by atoms with Crippen LogP contribution in [0.2, 0.25) is 0 Å². The van der Waals surface area contributed by atoms with Crippen molar-refractivity contribution in [3.8, 4) is 16.9 Å². The molecular formula is C35H30EuN2O5. The first-order valence-corrected chi connectivity index (χ1v) is 13.0. The van der Waals surface area contributed by atoms with Crippen molar-refractivity contribution >= 4 is 33.7 Å². The van der Waals surface area contributed by atoms with E-state index in [1.165, 1.54) is 4.57 Å². The molecule has 0 saturated carbocycles. The number of aryl methyl sites for hydroxylation is 1. The molecule has 43 heavy (non-hydrogen) atoms. The Hall–Kier alpha value is -3.92. The number of carbonyl (C=O) groups excluding carboxylic acids is 1. The normalized spacial score (nSPS) is 10.2. The number of nitrogens with zero attached hydrogens (tertiary/aromatic N) is 2. The molecule has 1 aromatic heterocycles. The molecule has 217 valence electrons. The molecule has 0 aliphatic carbocycles. The second-order valence-corrected chi connectivity index (χ2v) is 9.56. The summed E-state index contributed by atoms with van der Waals surface area (Å²) in [4.78, 5) is 28.5. The van der Waals surface area contributed by atoms with E-state index in [0.717, 1.165) is 28.2 Å². The summed E-state index contributed by atoms with van der Waals surface area (Å²) in [6.45, 7) is 0. The van der Waals surface area contributed by atoms with Crippen molar-refractivity contribution in [2.24, 2.45) is 7.05 Å². The van der Waals surface area contributed by atoms with Gasteiger partial charge in [-0.25, -0.2) is 0 Å². The molecule has 0 unspecified atom stereocenters. The summed E-state index contributed by atoms with van der Waals surface area (Å²) >= 11 is 0. The van der Waals surface area contributed by atoms with Crippen LogP contribution in [0.4, 0.5) is 17.1 Å². The van der Waals surface area contributed by atoms with E-state index in [1.807, 2.05) is 48.5 Å². The van der Waals surface area contributed by atoms with Gasteiger partial charge in [0.25, 0.3) is 5.56 Å². The van der Waals surface area contributed by atoms with E-state index >= 15 is 0 Å². The third kappa shape index (κ3) is 6.54. The number of aromatic hydroxyl groups is 1. The zero-order valence-corrected chi connectivity index (χ0v) is 25.7. The largest absolute Gasteiger partial charge is 0.506 e. The van der Waals surface area contributed by atoms with Crippen LogP contribution < -0.4 is 10.5 Å². The summed E-state index contributed by atoms with van der Waals surface area (Å²) in [6, 6.07) is 42.8. The minimum absolute atomic E-state index is 0. The van der Waals surface area contributed by atoms with Crippen molar-refractivity contribution in [3.05, 3.63) is 155 Å². The first-order chi connectivity index (χ1) is 19.5. The van der Waals surface area contributed by atoms with Crippen molar-refractivity contribution in [3.63, 3.8) is 0 Å². The molecule has 0 aliphatic heterocycles. The van der Waals surface area contributed by atoms with Crippen molar-refractivity contribution in [1.82, 2.24) is 4.57 Å². The summed E-state index contributed by atoms with van der Waals surface area (Å²) in [5.41, 5.74) is 5.23. The van der Waals surface area contributed by atoms with Crippen LogP contribution in [0.1, 0.15) is 15.9 Å². The van der Waals surface area contributed by atoms with E-state index in [2.05, 4.69) is 53.4 Å². The number of aromatic nitrogens is 1. The van der Waals surface area contributed by atoms with Crippen LogP contribution in [0.3, 0.4) is 0 Å². The predicted octanol–water partition coefficient (Wildman–Crippen LogP) is 5.96. The third-order valence-electron chi connectivity index (χ3n) is 7.14. The maximum atomic E-state index is 13.3. The molecular weight excluding hydrogens is 680 g/mol. The molecule has 6 rings (SSSR count). The molecule has 5 aromatic carbocycles. The number of hydrogen-bond donors (Lipinski definition) is 1. The second-order valence-electron chi connectivity index (χ2n) is 9.56. The maximum absolute atomic E-state index is 13.3. The molecule has 7 nitrogen and oxygen atoms in total. The van der Waals surface area contributed by atoms with Gasteiger partial charge in [0, 0.05) is 84.4 Å². The van der Waals surface area contributed by atoms with Gasteiger partial charge in [-0.2, -0.15) is 0 Å². The van der Waals surface area contributed by atoms with E-state index in [1.54, 1.807) is 43.4 Å². The van der Waals surface area contributed by atoms with Gasteiger partial charge < -0.3 is 25.5 Å². The quantitative estimate of drug-likeness (QED) is 0.214. The first-order valence-electron chi connectivity index (χ1n) is 13.0. The topological polar surface area (TPSA) is 126 Å². The fraction of sp³-hybridized carbons (Fsp3) is 0.0286. The van der Waals surface area contributed by atoms with Gasteiger partial charge in [0.15, 0.2) is 0 Å². The smallest absolute Gasteiger partial charge is 0.265 e. The summed E-state index contributed by atoms with van der Waals surface area (Å²) < 4.78 is 1.40. The Kier molecular flexibility index (Phi) is 11.3. The van der Waals surface area contributed by atoms with Crippen molar-refractivity contribution in [2.45, 2.75) is 0 Å². The Morgan fingerprint density at radius 1 is 0.628 bits per heavy atom. The average molecular weight is 711 g/mol.